The van der Waals surface area contributed by atoms with E-state index in [1.807, 2.05) is 48.0 Å². The molecule has 0 bridgehead atoms. The molecule has 3 aliphatic rings. The van der Waals surface area contributed by atoms with Gasteiger partial charge in [0.25, 0.3) is 0 Å². The predicted molar refractivity (Wildman–Crippen MR) is 120 cm³/mol. The lowest BCUT2D eigenvalue weighted by Gasteiger charge is -2.34. The Hall–Kier alpha value is -2.08. The normalized spacial score (nSPS) is 25.4. The van der Waals surface area contributed by atoms with Crippen molar-refractivity contribution < 1.29 is 14.4 Å². The Balaban J connectivity index is 1.43. The zero-order valence-corrected chi connectivity index (χ0v) is 19.4. The highest BCUT2D eigenvalue weighted by Crippen LogP contribution is 2.47. The zero-order valence-electron chi connectivity index (χ0n) is 18.6. The fraction of sp³-hybridized carbons (Fsp3) is 0.625. The maximum atomic E-state index is 13.4. The van der Waals surface area contributed by atoms with Gasteiger partial charge in [-0.3, -0.25) is 14.4 Å². The molecule has 168 valence electrons. The van der Waals surface area contributed by atoms with Crippen LogP contribution in [0.3, 0.4) is 0 Å². The Bertz CT molecular complexity index is 859. The van der Waals surface area contributed by atoms with Crippen LogP contribution in [0.25, 0.3) is 0 Å². The van der Waals surface area contributed by atoms with E-state index >= 15 is 0 Å². The molecule has 4 rings (SSSR count). The molecule has 1 aromatic rings. The second kappa shape index (κ2) is 8.45. The van der Waals surface area contributed by atoms with E-state index in [4.69, 9.17) is 11.6 Å². The van der Waals surface area contributed by atoms with Crippen molar-refractivity contribution in [1.82, 2.24) is 14.7 Å². The average Bonchev–Trinajstić information content (AvgIpc) is 3.37. The number of rotatable bonds is 4. The summed E-state index contributed by atoms with van der Waals surface area (Å²) in [5.74, 6) is 0.419. The topological polar surface area (TPSA) is 60.9 Å². The highest BCUT2D eigenvalue weighted by atomic mass is 35.5. The summed E-state index contributed by atoms with van der Waals surface area (Å²) in [7, 11) is 1.81. The summed E-state index contributed by atoms with van der Waals surface area (Å²) in [4.78, 5) is 43.7. The number of hydrogen-bond donors (Lipinski definition) is 0. The van der Waals surface area contributed by atoms with Gasteiger partial charge in [0, 0.05) is 62.4 Å². The molecular formula is C24H32ClN3O3. The number of halogens is 1. The lowest BCUT2D eigenvalue weighted by molar-refractivity contribution is -0.142. The van der Waals surface area contributed by atoms with Gasteiger partial charge in [0.1, 0.15) is 0 Å². The third-order valence-electron chi connectivity index (χ3n) is 7.54. The van der Waals surface area contributed by atoms with E-state index in [0.717, 1.165) is 31.2 Å². The summed E-state index contributed by atoms with van der Waals surface area (Å²) in [5.41, 5.74) is 0.943. The number of amides is 3. The second-order valence-electron chi connectivity index (χ2n) is 9.73. The number of carbonyl (C=O) groups excluding carboxylic acids is 3. The van der Waals surface area contributed by atoms with Gasteiger partial charge in [-0.15, -0.1) is 0 Å². The van der Waals surface area contributed by atoms with Crippen LogP contribution in [-0.4, -0.2) is 71.7 Å². The predicted octanol–water partition coefficient (Wildman–Crippen LogP) is 3.15. The summed E-state index contributed by atoms with van der Waals surface area (Å²) in [6, 6.07) is 7.65. The molecule has 2 atom stereocenters. The van der Waals surface area contributed by atoms with Crippen LogP contribution in [-0.2, 0) is 14.4 Å². The standard InChI is InChI=1S/C24H32ClN3O3/c1-16(29)26(3)21-15-28(14-20(21)17-4-6-19(25)7-5-17)22(30)18-8-12-27(13-9-18)23(31)24(2)10-11-24/h4-7,18,20-21H,8-15H2,1-3H3/t20-,21+/m1/s1. The first-order chi connectivity index (χ1) is 14.7. The fourth-order valence-electron chi connectivity index (χ4n) is 5.00. The third-order valence-corrected chi connectivity index (χ3v) is 7.79. The highest BCUT2D eigenvalue weighted by molar-refractivity contribution is 6.30. The zero-order chi connectivity index (χ0) is 22.3. The molecule has 0 N–H and O–H groups in total. The van der Waals surface area contributed by atoms with Gasteiger partial charge in [-0.1, -0.05) is 30.7 Å². The van der Waals surface area contributed by atoms with Gasteiger partial charge in [-0.05, 0) is 43.4 Å². The summed E-state index contributed by atoms with van der Waals surface area (Å²) < 4.78 is 0. The van der Waals surface area contributed by atoms with Crippen molar-refractivity contribution in [3.63, 3.8) is 0 Å². The molecule has 0 unspecified atom stereocenters. The molecule has 0 aromatic heterocycles. The summed E-state index contributed by atoms with van der Waals surface area (Å²) in [6.07, 6.45) is 3.40. The molecule has 2 saturated heterocycles. The Kier molecular flexibility index (Phi) is 6.03. The molecule has 2 aliphatic heterocycles. The lowest BCUT2D eigenvalue weighted by Crippen LogP contribution is -2.46. The van der Waals surface area contributed by atoms with Crippen LogP contribution in [0.4, 0.5) is 0 Å². The summed E-state index contributed by atoms with van der Waals surface area (Å²) >= 11 is 6.06. The van der Waals surface area contributed by atoms with Gasteiger partial charge in [0.15, 0.2) is 0 Å². The Labute approximate surface area is 189 Å². The van der Waals surface area contributed by atoms with Crippen LogP contribution in [0.15, 0.2) is 24.3 Å². The van der Waals surface area contributed by atoms with Crippen molar-refractivity contribution in [1.29, 1.82) is 0 Å². The minimum Gasteiger partial charge on any atom is -0.342 e. The number of benzene rings is 1. The molecule has 1 aromatic carbocycles. The third kappa shape index (κ3) is 4.45. The molecule has 3 fully saturated rings. The number of likely N-dealkylation sites (N-methyl/N-ethyl adjacent to an activating group) is 1. The van der Waals surface area contributed by atoms with Gasteiger partial charge in [0.2, 0.25) is 17.7 Å². The maximum absolute atomic E-state index is 13.4. The van der Waals surface area contributed by atoms with E-state index < -0.39 is 0 Å². The first-order valence-electron chi connectivity index (χ1n) is 11.3. The van der Waals surface area contributed by atoms with E-state index in [1.54, 1.807) is 11.8 Å². The minimum absolute atomic E-state index is 0.00125. The van der Waals surface area contributed by atoms with Crippen molar-refractivity contribution in [2.75, 3.05) is 33.2 Å². The van der Waals surface area contributed by atoms with E-state index in [2.05, 4.69) is 0 Å². The van der Waals surface area contributed by atoms with Crippen LogP contribution in [0.2, 0.25) is 5.02 Å². The van der Waals surface area contributed by atoms with Crippen LogP contribution in [0.5, 0.6) is 0 Å². The Morgan fingerprint density at radius 1 is 1.03 bits per heavy atom. The van der Waals surface area contributed by atoms with Gasteiger partial charge >= 0.3 is 0 Å². The van der Waals surface area contributed by atoms with Gasteiger partial charge in [-0.2, -0.15) is 0 Å². The molecule has 1 saturated carbocycles. The summed E-state index contributed by atoms with van der Waals surface area (Å²) in [5, 5.41) is 0.674. The smallest absolute Gasteiger partial charge is 0.228 e. The molecule has 7 heteroatoms. The fourth-order valence-corrected chi connectivity index (χ4v) is 5.13. The summed E-state index contributed by atoms with van der Waals surface area (Å²) in [6.45, 7) is 6.07. The molecule has 31 heavy (non-hydrogen) atoms. The molecule has 0 radical (unpaired) electrons. The maximum Gasteiger partial charge on any atom is 0.228 e. The van der Waals surface area contributed by atoms with Crippen LogP contribution in [0, 0.1) is 11.3 Å². The Morgan fingerprint density at radius 3 is 2.19 bits per heavy atom. The molecule has 6 nitrogen and oxygen atoms in total. The molecule has 3 amide bonds. The highest BCUT2D eigenvalue weighted by Gasteiger charge is 2.48. The monoisotopic (exact) mass is 445 g/mol. The molecular weight excluding hydrogens is 414 g/mol. The quantitative estimate of drug-likeness (QED) is 0.715. The minimum atomic E-state index is -0.151. The van der Waals surface area contributed by atoms with E-state index in [-0.39, 0.29) is 41.0 Å². The number of hydrogen-bond acceptors (Lipinski definition) is 3. The van der Waals surface area contributed by atoms with Crippen molar-refractivity contribution in [2.45, 2.75) is 51.5 Å². The second-order valence-corrected chi connectivity index (χ2v) is 10.2. The number of piperidine rings is 1. The van der Waals surface area contributed by atoms with Crippen molar-refractivity contribution in [3.05, 3.63) is 34.9 Å². The van der Waals surface area contributed by atoms with Crippen molar-refractivity contribution in [2.24, 2.45) is 11.3 Å². The number of nitrogens with zero attached hydrogens (tertiary/aromatic N) is 3. The van der Waals surface area contributed by atoms with E-state index in [0.29, 0.717) is 31.2 Å². The first kappa shape index (κ1) is 22.1. The largest absolute Gasteiger partial charge is 0.342 e. The van der Waals surface area contributed by atoms with Crippen molar-refractivity contribution in [3.8, 4) is 0 Å². The SMILES string of the molecule is CC(=O)N(C)[C@H]1CN(C(=O)C2CCN(C(=O)C3(C)CC3)CC2)C[C@@H]1c1ccc(Cl)cc1. The average molecular weight is 446 g/mol. The van der Waals surface area contributed by atoms with Crippen LogP contribution < -0.4 is 0 Å². The van der Waals surface area contributed by atoms with Crippen molar-refractivity contribution >= 4 is 29.3 Å². The lowest BCUT2D eigenvalue weighted by atomic mass is 9.93. The van der Waals surface area contributed by atoms with E-state index in [1.165, 1.54) is 0 Å². The first-order valence-corrected chi connectivity index (χ1v) is 11.6. The number of carbonyl (C=O) groups is 3. The molecule has 0 spiro atoms. The van der Waals surface area contributed by atoms with Gasteiger partial charge in [0.05, 0.1) is 6.04 Å². The van der Waals surface area contributed by atoms with Crippen LogP contribution >= 0.6 is 11.6 Å². The van der Waals surface area contributed by atoms with Crippen LogP contribution in [0.1, 0.15) is 51.0 Å². The van der Waals surface area contributed by atoms with Gasteiger partial charge in [-0.25, -0.2) is 0 Å². The molecule has 1 aliphatic carbocycles. The number of likely N-dealkylation sites (tertiary alicyclic amines) is 2. The van der Waals surface area contributed by atoms with Gasteiger partial charge < -0.3 is 14.7 Å². The van der Waals surface area contributed by atoms with E-state index in [9.17, 15) is 14.4 Å². The molecule has 2 heterocycles. The Morgan fingerprint density at radius 2 is 1.65 bits per heavy atom.